The van der Waals surface area contributed by atoms with E-state index in [4.69, 9.17) is 5.73 Å². The minimum absolute atomic E-state index is 0.166. The third kappa shape index (κ3) is 2.19. The predicted octanol–water partition coefficient (Wildman–Crippen LogP) is 1.01. The summed E-state index contributed by atoms with van der Waals surface area (Å²) in [5.41, 5.74) is 5.87. The molecular formula is C10H18N2. The van der Waals surface area contributed by atoms with Crippen LogP contribution in [0.3, 0.4) is 0 Å². The zero-order chi connectivity index (χ0) is 8.97. The number of nitrogens with zero attached hydrogens (tertiary/aromatic N) is 1. The summed E-state index contributed by atoms with van der Waals surface area (Å²) < 4.78 is 0. The minimum atomic E-state index is 0.166. The maximum atomic E-state index is 5.87. The minimum Gasteiger partial charge on any atom is -0.324 e. The molecule has 0 aliphatic carbocycles. The normalized spacial score (nSPS) is 26.9. The molecule has 1 fully saturated rings. The number of hydrogen-bond donors (Lipinski definition) is 1. The topological polar surface area (TPSA) is 29.3 Å². The second-order valence-electron chi connectivity index (χ2n) is 3.41. The van der Waals surface area contributed by atoms with Crippen molar-refractivity contribution in [3.8, 4) is 0 Å². The van der Waals surface area contributed by atoms with Gasteiger partial charge in [-0.05, 0) is 18.9 Å². The molecule has 68 valence electrons. The number of hydrogen-bond acceptors (Lipinski definition) is 2. The summed E-state index contributed by atoms with van der Waals surface area (Å²) in [6.07, 6.45) is 4.99. The Hall–Kier alpha value is -0.600. The molecule has 1 heterocycles. The molecule has 1 aliphatic rings. The largest absolute Gasteiger partial charge is 0.324 e. The highest BCUT2D eigenvalue weighted by Gasteiger charge is 2.24. The van der Waals surface area contributed by atoms with Crippen molar-refractivity contribution in [1.29, 1.82) is 0 Å². The van der Waals surface area contributed by atoms with Gasteiger partial charge in [0.05, 0.1) is 0 Å². The highest BCUT2D eigenvalue weighted by atomic mass is 15.1. The lowest BCUT2D eigenvalue weighted by Crippen LogP contribution is -2.30. The molecule has 2 heteroatoms. The van der Waals surface area contributed by atoms with Gasteiger partial charge in [-0.2, -0.15) is 0 Å². The number of likely N-dealkylation sites (tertiary alicyclic amines) is 1. The zero-order valence-electron chi connectivity index (χ0n) is 7.58. The van der Waals surface area contributed by atoms with Crippen molar-refractivity contribution >= 4 is 0 Å². The fourth-order valence-electron chi connectivity index (χ4n) is 1.72. The van der Waals surface area contributed by atoms with Gasteiger partial charge in [0.15, 0.2) is 0 Å². The molecule has 1 rings (SSSR count). The molecule has 0 bridgehead atoms. The summed E-state index contributed by atoms with van der Waals surface area (Å²) in [4.78, 5) is 2.38. The average Bonchev–Trinajstić information content (AvgIpc) is 2.52. The van der Waals surface area contributed by atoms with E-state index < -0.39 is 0 Å². The number of nitrogens with two attached hydrogens (primary N) is 1. The average molecular weight is 166 g/mol. The lowest BCUT2D eigenvalue weighted by atomic mass is 10.0. The Morgan fingerprint density at radius 2 is 2.33 bits per heavy atom. The van der Waals surface area contributed by atoms with E-state index in [0.29, 0.717) is 5.92 Å². The van der Waals surface area contributed by atoms with E-state index in [9.17, 15) is 0 Å². The van der Waals surface area contributed by atoms with Gasteiger partial charge in [0.2, 0.25) is 0 Å². The van der Waals surface area contributed by atoms with Crippen LogP contribution in [-0.4, -0.2) is 30.6 Å². The first kappa shape index (κ1) is 9.49. The van der Waals surface area contributed by atoms with E-state index in [2.05, 4.69) is 18.1 Å². The second kappa shape index (κ2) is 4.43. The molecule has 2 N–H and O–H groups in total. The van der Waals surface area contributed by atoms with Crippen LogP contribution in [0.5, 0.6) is 0 Å². The fraction of sp³-hybridized carbons (Fsp3) is 0.600. The van der Waals surface area contributed by atoms with Crippen LogP contribution in [0.1, 0.15) is 6.42 Å². The first-order valence-corrected chi connectivity index (χ1v) is 4.49. The molecule has 12 heavy (non-hydrogen) atoms. The molecule has 0 aromatic heterocycles. The highest BCUT2D eigenvalue weighted by Crippen LogP contribution is 2.18. The molecule has 2 atom stereocenters. The Morgan fingerprint density at radius 3 is 2.92 bits per heavy atom. The van der Waals surface area contributed by atoms with Gasteiger partial charge < -0.3 is 5.73 Å². The van der Waals surface area contributed by atoms with Gasteiger partial charge in [-0.1, -0.05) is 12.2 Å². The van der Waals surface area contributed by atoms with E-state index in [1.807, 2.05) is 12.2 Å². The molecule has 2 unspecified atom stereocenters. The van der Waals surface area contributed by atoms with Crippen molar-refractivity contribution in [3.63, 3.8) is 0 Å². The maximum absolute atomic E-state index is 5.87. The molecule has 0 amide bonds. The van der Waals surface area contributed by atoms with Crippen LogP contribution in [0.15, 0.2) is 25.3 Å². The maximum Gasteiger partial charge on any atom is 0.0262 e. The highest BCUT2D eigenvalue weighted by molar-refractivity contribution is 4.93. The van der Waals surface area contributed by atoms with E-state index in [-0.39, 0.29) is 6.04 Å². The Labute approximate surface area is 74.7 Å². The molecule has 0 aromatic rings. The van der Waals surface area contributed by atoms with Crippen molar-refractivity contribution in [3.05, 3.63) is 25.3 Å². The lowest BCUT2D eigenvalue weighted by molar-refractivity contribution is 0.352. The summed E-state index contributed by atoms with van der Waals surface area (Å²) in [6.45, 7) is 10.7. The monoisotopic (exact) mass is 166 g/mol. The van der Waals surface area contributed by atoms with Gasteiger partial charge >= 0.3 is 0 Å². The molecule has 2 nitrogen and oxygen atoms in total. The summed E-state index contributed by atoms with van der Waals surface area (Å²) >= 11 is 0. The molecule has 1 saturated heterocycles. The number of rotatable bonds is 4. The van der Waals surface area contributed by atoms with Crippen molar-refractivity contribution < 1.29 is 0 Å². The smallest absolute Gasteiger partial charge is 0.0262 e. The molecule has 0 radical (unpaired) electrons. The van der Waals surface area contributed by atoms with Crippen molar-refractivity contribution in [2.24, 2.45) is 11.7 Å². The van der Waals surface area contributed by atoms with Crippen LogP contribution in [0.2, 0.25) is 0 Å². The third-order valence-corrected chi connectivity index (χ3v) is 2.51. The van der Waals surface area contributed by atoms with Crippen LogP contribution >= 0.6 is 0 Å². The first-order valence-electron chi connectivity index (χ1n) is 4.49. The van der Waals surface area contributed by atoms with E-state index >= 15 is 0 Å². The van der Waals surface area contributed by atoms with Gasteiger partial charge in [-0.3, -0.25) is 4.90 Å². The Morgan fingerprint density at radius 1 is 1.58 bits per heavy atom. The van der Waals surface area contributed by atoms with Gasteiger partial charge in [0.25, 0.3) is 0 Å². The van der Waals surface area contributed by atoms with Gasteiger partial charge in [0, 0.05) is 19.1 Å². The lowest BCUT2D eigenvalue weighted by Gasteiger charge is -2.16. The van der Waals surface area contributed by atoms with Crippen molar-refractivity contribution in [2.45, 2.75) is 12.5 Å². The van der Waals surface area contributed by atoms with Crippen LogP contribution < -0.4 is 5.73 Å². The molecule has 1 aliphatic heterocycles. The summed E-state index contributed by atoms with van der Waals surface area (Å²) in [7, 11) is 0. The standard InChI is InChI=1S/C10H18N2/c1-3-6-12-7-5-9(8-12)10(11)4-2/h3-4,9-10H,1-2,5-8,11H2. The van der Waals surface area contributed by atoms with Gasteiger partial charge in [0.1, 0.15) is 0 Å². The second-order valence-corrected chi connectivity index (χ2v) is 3.41. The van der Waals surface area contributed by atoms with E-state index in [1.54, 1.807) is 0 Å². The summed E-state index contributed by atoms with van der Waals surface area (Å²) in [6, 6.07) is 0.166. The van der Waals surface area contributed by atoms with Crippen molar-refractivity contribution in [2.75, 3.05) is 19.6 Å². The third-order valence-electron chi connectivity index (χ3n) is 2.51. The van der Waals surface area contributed by atoms with Crippen molar-refractivity contribution in [1.82, 2.24) is 4.90 Å². The fourth-order valence-corrected chi connectivity index (χ4v) is 1.72. The predicted molar refractivity (Wildman–Crippen MR) is 52.9 cm³/mol. The Balaban J connectivity index is 2.34. The Kier molecular flexibility index (Phi) is 3.50. The van der Waals surface area contributed by atoms with Crippen LogP contribution in [-0.2, 0) is 0 Å². The quantitative estimate of drug-likeness (QED) is 0.631. The molecule has 0 saturated carbocycles. The first-order chi connectivity index (χ1) is 5.77. The van der Waals surface area contributed by atoms with Crippen LogP contribution in [0.25, 0.3) is 0 Å². The molecular weight excluding hydrogens is 148 g/mol. The molecule has 0 aromatic carbocycles. The van der Waals surface area contributed by atoms with Crippen LogP contribution in [0.4, 0.5) is 0 Å². The zero-order valence-corrected chi connectivity index (χ0v) is 7.58. The molecule has 0 spiro atoms. The Bertz CT molecular complexity index is 165. The van der Waals surface area contributed by atoms with Gasteiger partial charge in [-0.15, -0.1) is 13.2 Å². The summed E-state index contributed by atoms with van der Waals surface area (Å²) in [5.74, 6) is 0.599. The van der Waals surface area contributed by atoms with E-state index in [0.717, 1.165) is 19.6 Å². The summed E-state index contributed by atoms with van der Waals surface area (Å²) in [5, 5.41) is 0. The van der Waals surface area contributed by atoms with Gasteiger partial charge in [-0.25, -0.2) is 0 Å². The van der Waals surface area contributed by atoms with Crippen LogP contribution in [0, 0.1) is 5.92 Å². The van der Waals surface area contributed by atoms with E-state index in [1.165, 1.54) is 6.42 Å². The SMILES string of the molecule is C=CCN1CCC(C(N)C=C)C1.